The monoisotopic (exact) mass is 683 g/mol. The normalized spacial score (nSPS) is 25.0. The summed E-state index contributed by atoms with van der Waals surface area (Å²) in [5, 5.41) is 5.14. The van der Waals surface area contributed by atoms with Crippen LogP contribution in [0.1, 0.15) is 77.0 Å². The topological polar surface area (TPSA) is 154 Å². The van der Waals surface area contributed by atoms with Gasteiger partial charge in [-0.3, -0.25) is 19.8 Å². The minimum atomic E-state index is -3.92. The number of benzene rings is 1. The van der Waals surface area contributed by atoms with Gasteiger partial charge in [-0.1, -0.05) is 30.7 Å². The summed E-state index contributed by atoms with van der Waals surface area (Å²) in [7, 11) is -3.92. The number of anilines is 2. The lowest BCUT2D eigenvalue weighted by Gasteiger charge is -2.30. The molecule has 1 aliphatic heterocycles. The van der Waals surface area contributed by atoms with Gasteiger partial charge in [-0.05, 0) is 88.7 Å². The SMILES string of the molecule is C=CCCCCCNC(=O)C1CC(OC(=O)Nc2ccccc2N2CCCCC2)CC1C(=O)N(C(=O)NS(=O)(=O)C1CC1)C1CC1C=C. The number of allylic oxidation sites excluding steroid dienone is 1. The van der Waals surface area contributed by atoms with Crippen molar-refractivity contribution in [3.8, 4) is 0 Å². The van der Waals surface area contributed by atoms with Crippen molar-refractivity contribution in [2.75, 3.05) is 29.9 Å². The van der Waals surface area contributed by atoms with Crippen LogP contribution >= 0.6 is 0 Å². The first kappa shape index (κ1) is 35.4. The molecule has 3 saturated carbocycles. The standard InChI is InChI=1S/C35H49N5O7S/c1-3-5-6-7-11-18-36-32(41)27-22-25(47-35(44)37-29-14-9-10-15-30(29)39-19-12-8-13-20-39)23-28(27)33(42)40(31-21-24(31)4-2)34(43)38-48(45,46)26-16-17-26/h3-4,9-10,14-15,24-28,31H,1-2,5-8,11-13,16-23H2,(H,36,41)(H,37,44)(H,38,43). The van der Waals surface area contributed by atoms with Crippen LogP contribution in [0.4, 0.5) is 21.0 Å². The third-order valence-corrected chi connectivity index (χ3v) is 11.6. The highest BCUT2D eigenvalue weighted by atomic mass is 32.2. The highest BCUT2D eigenvalue weighted by Gasteiger charge is 2.53. The molecule has 0 radical (unpaired) electrons. The van der Waals surface area contributed by atoms with Crippen molar-refractivity contribution < 1.29 is 32.3 Å². The van der Waals surface area contributed by atoms with Gasteiger partial charge in [-0.15, -0.1) is 13.2 Å². The summed E-state index contributed by atoms with van der Waals surface area (Å²) in [5.41, 5.74) is 1.52. The predicted octanol–water partition coefficient (Wildman–Crippen LogP) is 5.09. The lowest BCUT2D eigenvalue weighted by molar-refractivity contribution is -0.139. The Morgan fingerprint density at radius 3 is 2.38 bits per heavy atom. The molecule has 3 N–H and O–H groups in total. The number of imide groups is 1. The molecule has 0 spiro atoms. The van der Waals surface area contributed by atoms with E-state index in [9.17, 15) is 27.6 Å². The Labute approximate surface area is 283 Å². The van der Waals surface area contributed by atoms with Crippen LogP contribution in [0.25, 0.3) is 0 Å². The van der Waals surface area contributed by atoms with Crippen molar-refractivity contribution >= 4 is 45.3 Å². The molecule has 5 amide bonds. The Morgan fingerprint density at radius 1 is 0.958 bits per heavy atom. The molecule has 4 aliphatic rings. The number of carbonyl (C=O) groups is 4. The number of rotatable bonds is 15. The van der Waals surface area contributed by atoms with E-state index in [4.69, 9.17) is 4.74 Å². The zero-order valence-electron chi connectivity index (χ0n) is 27.6. The number of para-hydroxylation sites is 2. The molecule has 1 saturated heterocycles. The molecule has 1 aromatic rings. The number of urea groups is 1. The van der Waals surface area contributed by atoms with Gasteiger partial charge in [0.2, 0.25) is 21.8 Å². The van der Waals surface area contributed by atoms with Crippen LogP contribution in [0.3, 0.4) is 0 Å². The van der Waals surface area contributed by atoms with Crippen LogP contribution in [0, 0.1) is 17.8 Å². The Bertz CT molecular complexity index is 1470. The predicted molar refractivity (Wildman–Crippen MR) is 184 cm³/mol. The van der Waals surface area contributed by atoms with Gasteiger partial charge in [-0.2, -0.15) is 0 Å². The van der Waals surface area contributed by atoms with Crippen LogP contribution in [0.2, 0.25) is 0 Å². The fraction of sp³-hybridized carbons (Fsp3) is 0.600. The van der Waals surface area contributed by atoms with E-state index in [1.54, 1.807) is 6.08 Å². The molecule has 5 unspecified atom stereocenters. The Morgan fingerprint density at radius 2 is 1.69 bits per heavy atom. The molecule has 12 nitrogen and oxygen atoms in total. The molecule has 13 heteroatoms. The average molecular weight is 684 g/mol. The van der Waals surface area contributed by atoms with Crippen LogP contribution in [-0.4, -0.2) is 74.3 Å². The second-order valence-electron chi connectivity index (χ2n) is 13.4. The number of piperidine rings is 1. The van der Waals surface area contributed by atoms with Gasteiger partial charge in [0, 0.05) is 25.7 Å². The van der Waals surface area contributed by atoms with Crippen molar-refractivity contribution in [2.24, 2.45) is 17.8 Å². The van der Waals surface area contributed by atoms with Gasteiger partial charge in [0.25, 0.3) is 0 Å². The number of unbranched alkanes of at least 4 members (excludes halogenated alkanes) is 3. The highest BCUT2D eigenvalue weighted by molar-refractivity contribution is 7.90. The van der Waals surface area contributed by atoms with E-state index in [0.717, 1.165) is 62.2 Å². The second kappa shape index (κ2) is 16.0. The Hall–Kier alpha value is -3.87. The van der Waals surface area contributed by atoms with E-state index in [1.165, 1.54) is 6.42 Å². The summed E-state index contributed by atoms with van der Waals surface area (Å²) in [6.07, 6.45) is 10.3. The lowest BCUT2D eigenvalue weighted by Crippen LogP contribution is -2.51. The number of nitrogens with zero attached hydrogens (tertiary/aromatic N) is 2. The maximum Gasteiger partial charge on any atom is 0.411 e. The summed E-state index contributed by atoms with van der Waals surface area (Å²) in [6, 6.07) is 5.95. The number of ether oxygens (including phenoxy) is 1. The number of hydrogen-bond acceptors (Lipinski definition) is 8. The molecule has 0 aromatic heterocycles. The average Bonchev–Trinajstić information content (AvgIpc) is 4.01. The van der Waals surface area contributed by atoms with E-state index in [0.29, 0.717) is 31.5 Å². The first-order valence-corrected chi connectivity index (χ1v) is 18.9. The zero-order chi connectivity index (χ0) is 34.3. The van der Waals surface area contributed by atoms with E-state index < -0.39 is 57.3 Å². The quantitative estimate of drug-likeness (QED) is 0.171. The van der Waals surface area contributed by atoms with Crippen LogP contribution in [0.5, 0.6) is 0 Å². The molecule has 1 heterocycles. The van der Waals surface area contributed by atoms with Crippen LogP contribution in [-0.2, 0) is 24.3 Å². The van der Waals surface area contributed by atoms with Crippen molar-refractivity contribution in [3.63, 3.8) is 0 Å². The molecule has 4 fully saturated rings. The molecule has 0 bridgehead atoms. The molecule has 1 aromatic carbocycles. The molecule has 3 aliphatic carbocycles. The van der Waals surface area contributed by atoms with E-state index in [-0.39, 0.29) is 24.7 Å². The maximum atomic E-state index is 14.2. The van der Waals surface area contributed by atoms with Crippen molar-refractivity contribution in [2.45, 2.75) is 94.4 Å². The third-order valence-electron chi connectivity index (χ3n) is 9.76. The smallest absolute Gasteiger partial charge is 0.411 e. The highest BCUT2D eigenvalue weighted by Crippen LogP contribution is 2.42. The number of carbonyl (C=O) groups excluding carboxylic acids is 4. The third kappa shape index (κ3) is 8.97. The summed E-state index contributed by atoms with van der Waals surface area (Å²) in [4.78, 5) is 57.6. The van der Waals surface area contributed by atoms with Gasteiger partial charge < -0.3 is 15.0 Å². The van der Waals surface area contributed by atoms with Gasteiger partial charge in [0.15, 0.2) is 0 Å². The van der Waals surface area contributed by atoms with E-state index >= 15 is 0 Å². The van der Waals surface area contributed by atoms with Gasteiger partial charge in [0.05, 0.1) is 28.5 Å². The fourth-order valence-electron chi connectivity index (χ4n) is 6.84. The second-order valence-corrected chi connectivity index (χ2v) is 15.4. The molecule has 48 heavy (non-hydrogen) atoms. The first-order chi connectivity index (χ1) is 23.1. The molecular formula is C35H49N5O7S. The first-order valence-electron chi connectivity index (χ1n) is 17.3. The molecule has 5 atom stereocenters. The number of hydrogen-bond donors (Lipinski definition) is 3. The summed E-state index contributed by atoms with van der Waals surface area (Å²) in [6.45, 7) is 9.71. The van der Waals surface area contributed by atoms with Crippen LogP contribution in [0.15, 0.2) is 49.6 Å². The lowest BCUT2D eigenvalue weighted by atomic mass is 9.93. The summed E-state index contributed by atoms with van der Waals surface area (Å²) < 4.78 is 33.2. The Balaban J connectivity index is 1.30. The van der Waals surface area contributed by atoms with E-state index in [1.807, 2.05) is 30.3 Å². The number of nitrogens with one attached hydrogen (secondary N) is 3. The molecule has 5 rings (SSSR count). The summed E-state index contributed by atoms with van der Waals surface area (Å²) >= 11 is 0. The molecule has 262 valence electrons. The van der Waals surface area contributed by atoms with Crippen molar-refractivity contribution in [1.29, 1.82) is 0 Å². The minimum Gasteiger partial charge on any atom is -0.446 e. The van der Waals surface area contributed by atoms with Crippen molar-refractivity contribution in [1.82, 2.24) is 14.9 Å². The fourth-order valence-corrected chi connectivity index (χ4v) is 8.10. The van der Waals surface area contributed by atoms with Gasteiger partial charge >= 0.3 is 12.1 Å². The molecular weight excluding hydrogens is 634 g/mol. The number of sulfonamides is 1. The Kier molecular flexibility index (Phi) is 11.8. The van der Waals surface area contributed by atoms with Crippen LogP contribution < -0.4 is 20.3 Å². The minimum absolute atomic E-state index is 0.0159. The van der Waals surface area contributed by atoms with Gasteiger partial charge in [0.1, 0.15) is 6.10 Å². The zero-order valence-corrected chi connectivity index (χ0v) is 28.4. The van der Waals surface area contributed by atoms with Gasteiger partial charge in [-0.25, -0.2) is 22.7 Å². The van der Waals surface area contributed by atoms with E-state index in [2.05, 4.69) is 33.4 Å². The maximum absolute atomic E-state index is 14.2. The summed E-state index contributed by atoms with van der Waals surface area (Å²) in [5.74, 6) is -3.06. The largest absolute Gasteiger partial charge is 0.446 e. The van der Waals surface area contributed by atoms with Crippen molar-refractivity contribution in [3.05, 3.63) is 49.6 Å². The number of amides is 5.